The fraction of sp³-hybridized carbons (Fsp3) is 0.545. The van der Waals surface area contributed by atoms with Gasteiger partial charge >= 0.3 is 5.97 Å². The largest absolute Gasteiger partial charge is 0.459 e. The zero-order valence-corrected chi connectivity index (χ0v) is 21.9. The summed E-state index contributed by atoms with van der Waals surface area (Å²) in [5.41, 5.74) is 0. The van der Waals surface area contributed by atoms with Gasteiger partial charge in [0.25, 0.3) is 0 Å². The first-order chi connectivity index (χ1) is 17.7. The highest BCUT2D eigenvalue weighted by Gasteiger charge is 1.90. The SMILES string of the molecule is C#C[C@@H](O)/C=C/CCCCCC#CC#CCCCC#CCCCC#CCCCCCC#CC(=O)OC. The van der Waals surface area contributed by atoms with Gasteiger partial charge in [-0.2, -0.15) is 0 Å². The van der Waals surface area contributed by atoms with Crippen molar-refractivity contribution in [2.24, 2.45) is 0 Å². The van der Waals surface area contributed by atoms with Gasteiger partial charge in [-0.1, -0.05) is 42.6 Å². The molecule has 0 saturated heterocycles. The molecule has 0 aromatic rings. The Balaban J connectivity index is 3.52. The Kier molecular flexibility index (Phi) is 25.1. The molecule has 0 radical (unpaired) electrons. The van der Waals surface area contributed by atoms with E-state index < -0.39 is 12.1 Å². The van der Waals surface area contributed by atoms with Crippen molar-refractivity contribution in [1.29, 1.82) is 0 Å². The summed E-state index contributed by atoms with van der Waals surface area (Å²) in [5.74, 6) is 31.9. The number of methoxy groups -OCH3 is 1. The van der Waals surface area contributed by atoms with Crippen molar-refractivity contribution in [1.82, 2.24) is 0 Å². The van der Waals surface area contributed by atoms with Gasteiger partial charge in [0.15, 0.2) is 0 Å². The number of terminal acetylenes is 1. The van der Waals surface area contributed by atoms with Gasteiger partial charge in [-0.25, -0.2) is 4.79 Å². The van der Waals surface area contributed by atoms with Crippen LogP contribution in [0.3, 0.4) is 0 Å². The van der Waals surface area contributed by atoms with Crippen molar-refractivity contribution in [3.63, 3.8) is 0 Å². The summed E-state index contributed by atoms with van der Waals surface area (Å²) >= 11 is 0. The summed E-state index contributed by atoms with van der Waals surface area (Å²) in [6, 6.07) is 0. The number of unbranched alkanes of at least 4 members (excludes halogenated alkanes) is 12. The second-order valence-electron chi connectivity index (χ2n) is 8.01. The van der Waals surface area contributed by atoms with Gasteiger partial charge in [-0.15, -0.1) is 30.1 Å². The average Bonchev–Trinajstić information content (AvgIpc) is 2.89. The quantitative estimate of drug-likeness (QED) is 0.109. The van der Waals surface area contributed by atoms with Crippen molar-refractivity contribution in [3.05, 3.63) is 12.2 Å². The van der Waals surface area contributed by atoms with Gasteiger partial charge in [0.05, 0.1) is 7.11 Å². The van der Waals surface area contributed by atoms with Crippen molar-refractivity contribution in [3.8, 4) is 71.5 Å². The Labute approximate surface area is 220 Å². The third-order valence-corrected chi connectivity index (χ3v) is 4.84. The summed E-state index contributed by atoms with van der Waals surface area (Å²) in [7, 11) is 1.34. The third kappa shape index (κ3) is 26.8. The molecule has 190 valence electrons. The lowest BCUT2D eigenvalue weighted by molar-refractivity contribution is -0.133. The molecule has 0 unspecified atom stereocenters. The predicted molar refractivity (Wildman–Crippen MR) is 149 cm³/mol. The number of aliphatic hydroxyl groups is 1. The van der Waals surface area contributed by atoms with Crippen LogP contribution in [0.4, 0.5) is 0 Å². The molecule has 0 aromatic heterocycles. The molecule has 0 amide bonds. The smallest absolute Gasteiger partial charge is 0.384 e. The molecule has 1 N–H and O–H groups in total. The number of carbonyl (C=O) groups is 1. The Hall–Kier alpha value is -3.47. The van der Waals surface area contributed by atoms with Crippen LogP contribution >= 0.6 is 0 Å². The molecule has 3 nitrogen and oxygen atoms in total. The van der Waals surface area contributed by atoms with E-state index >= 15 is 0 Å². The number of hydrogen-bond acceptors (Lipinski definition) is 3. The van der Waals surface area contributed by atoms with Crippen molar-refractivity contribution < 1.29 is 14.6 Å². The molecule has 0 aliphatic rings. The average molecular weight is 485 g/mol. The first-order valence-corrected chi connectivity index (χ1v) is 13.0. The molecule has 0 saturated carbocycles. The molecule has 0 aliphatic heterocycles. The maximum absolute atomic E-state index is 10.8. The maximum atomic E-state index is 10.8. The minimum Gasteiger partial charge on any atom is -0.459 e. The van der Waals surface area contributed by atoms with Crippen LogP contribution in [0.25, 0.3) is 0 Å². The van der Waals surface area contributed by atoms with E-state index in [1.165, 1.54) is 7.11 Å². The third-order valence-electron chi connectivity index (χ3n) is 4.84. The second-order valence-corrected chi connectivity index (χ2v) is 8.01. The fourth-order valence-corrected chi connectivity index (χ4v) is 2.82. The predicted octanol–water partition coefficient (Wildman–Crippen LogP) is 5.97. The van der Waals surface area contributed by atoms with Crippen LogP contribution in [0.5, 0.6) is 0 Å². The highest BCUT2D eigenvalue weighted by Crippen LogP contribution is 2.04. The van der Waals surface area contributed by atoms with E-state index in [0.29, 0.717) is 0 Å². The van der Waals surface area contributed by atoms with Crippen LogP contribution in [0.2, 0.25) is 0 Å². The van der Waals surface area contributed by atoms with Gasteiger partial charge in [-0.05, 0) is 62.9 Å². The van der Waals surface area contributed by atoms with Crippen molar-refractivity contribution in [2.45, 2.75) is 109 Å². The van der Waals surface area contributed by atoms with Crippen LogP contribution in [0, 0.1) is 71.5 Å². The van der Waals surface area contributed by atoms with E-state index in [1.54, 1.807) is 6.08 Å². The first-order valence-electron chi connectivity index (χ1n) is 13.0. The van der Waals surface area contributed by atoms with Crippen LogP contribution < -0.4 is 0 Å². The number of aliphatic hydroxyl groups excluding tert-OH is 1. The second kappa shape index (κ2) is 27.8. The number of esters is 1. The fourth-order valence-electron chi connectivity index (χ4n) is 2.82. The van der Waals surface area contributed by atoms with E-state index in [1.807, 2.05) is 6.08 Å². The normalized spacial score (nSPS) is 9.92. The highest BCUT2D eigenvalue weighted by molar-refractivity contribution is 5.88. The maximum Gasteiger partial charge on any atom is 0.384 e. The number of allylic oxidation sites excluding steroid dienone is 1. The van der Waals surface area contributed by atoms with Crippen LogP contribution in [-0.4, -0.2) is 24.3 Å². The zero-order valence-electron chi connectivity index (χ0n) is 21.9. The first kappa shape index (κ1) is 32.5. The molecule has 36 heavy (non-hydrogen) atoms. The Morgan fingerprint density at radius 3 is 1.75 bits per heavy atom. The van der Waals surface area contributed by atoms with E-state index in [9.17, 15) is 9.90 Å². The topological polar surface area (TPSA) is 46.5 Å². The van der Waals surface area contributed by atoms with E-state index in [-0.39, 0.29) is 0 Å². The molecular weight excluding hydrogens is 444 g/mol. The summed E-state index contributed by atoms with van der Waals surface area (Å²) in [4.78, 5) is 10.8. The minimum atomic E-state index is -0.765. The van der Waals surface area contributed by atoms with Gasteiger partial charge in [0, 0.05) is 50.9 Å². The summed E-state index contributed by atoms with van der Waals surface area (Å²) in [6.07, 6.45) is 23.3. The molecule has 3 heteroatoms. The van der Waals surface area contributed by atoms with Gasteiger partial charge < -0.3 is 9.84 Å². The molecular formula is C33H40O3. The molecule has 0 spiro atoms. The Morgan fingerprint density at radius 2 is 1.19 bits per heavy atom. The van der Waals surface area contributed by atoms with E-state index in [2.05, 4.69) is 69.9 Å². The molecule has 0 bridgehead atoms. The van der Waals surface area contributed by atoms with Crippen LogP contribution in [-0.2, 0) is 9.53 Å². The molecule has 0 heterocycles. The highest BCUT2D eigenvalue weighted by atomic mass is 16.5. The number of ether oxygens (including phenoxy) is 1. The molecule has 0 fully saturated rings. The van der Waals surface area contributed by atoms with Crippen molar-refractivity contribution in [2.75, 3.05) is 7.11 Å². The van der Waals surface area contributed by atoms with Crippen molar-refractivity contribution >= 4 is 5.97 Å². The Bertz CT molecular complexity index is 969. The lowest BCUT2D eigenvalue weighted by Crippen LogP contribution is -1.95. The summed E-state index contributed by atoms with van der Waals surface area (Å²) in [6.45, 7) is 0. The standard InChI is InChI=1S/C33H40O3/c1-3-32(34)30-28-26-24-22-20-18-16-14-12-10-8-6-4-5-7-9-11-13-15-17-19-21-23-25-27-29-31-33(35)36-2/h1,28,30,32,34H,4,6,8-9,11,13,18-27H2,2H3/b30-28+/t32-/m1/s1. The minimum absolute atomic E-state index is 0.471. The van der Waals surface area contributed by atoms with Gasteiger partial charge in [0.1, 0.15) is 6.10 Å². The molecule has 0 aromatic carbocycles. The monoisotopic (exact) mass is 484 g/mol. The number of hydrogen-bond donors (Lipinski definition) is 1. The summed E-state index contributed by atoms with van der Waals surface area (Å²) in [5, 5.41) is 9.19. The van der Waals surface area contributed by atoms with E-state index in [0.717, 1.165) is 103 Å². The lowest BCUT2D eigenvalue weighted by Gasteiger charge is -1.95. The van der Waals surface area contributed by atoms with Gasteiger partial charge in [0.2, 0.25) is 0 Å². The van der Waals surface area contributed by atoms with Crippen LogP contribution in [0.15, 0.2) is 12.2 Å². The van der Waals surface area contributed by atoms with Crippen LogP contribution in [0.1, 0.15) is 103 Å². The summed E-state index contributed by atoms with van der Waals surface area (Å²) < 4.78 is 4.46. The number of carbonyl (C=O) groups excluding carboxylic acids is 1. The molecule has 0 rings (SSSR count). The Morgan fingerprint density at radius 1 is 0.722 bits per heavy atom. The molecule has 0 aliphatic carbocycles. The zero-order chi connectivity index (χ0) is 26.4. The van der Waals surface area contributed by atoms with Gasteiger partial charge in [-0.3, -0.25) is 0 Å². The lowest BCUT2D eigenvalue weighted by atomic mass is 10.1. The number of rotatable bonds is 14. The van der Waals surface area contributed by atoms with E-state index in [4.69, 9.17) is 6.42 Å². The molecule has 1 atom stereocenters.